The van der Waals surface area contributed by atoms with E-state index in [9.17, 15) is 10.1 Å². The number of carbonyl (C=O) groups excluding carboxylic acids is 1. The first kappa shape index (κ1) is 16.8. The van der Waals surface area contributed by atoms with E-state index >= 15 is 0 Å². The third-order valence-electron chi connectivity index (χ3n) is 4.66. The molecule has 3 aromatic heterocycles. The van der Waals surface area contributed by atoms with Crippen molar-refractivity contribution < 1.29 is 4.79 Å². The third kappa shape index (κ3) is 2.60. The minimum absolute atomic E-state index is 0.0569. The molecule has 26 heavy (non-hydrogen) atoms. The maximum absolute atomic E-state index is 13.0. The minimum Gasteiger partial charge on any atom is -0.397 e. The summed E-state index contributed by atoms with van der Waals surface area (Å²) in [4.78, 5) is 20.2. The van der Waals surface area contributed by atoms with Gasteiger partial charge < -0.3 is 16.4 Å². The van der Waals surface area contributed by atoms with Gasteiger partial charge in [0.15, 0.2) is 0 Å². The highest BCUT2D eigenvalue weighted by molar-refractivity contribution is 7.21. The zero-order valence-electron chi connectivity index (χ0n) is 14.0. The Morgan fingerprint density at radius 2 is 2.04 bits per heavy atom. The molecule has 8 heteroatoms. The highest BCUT2D eigenvalue weighted by atomic mass is 32.1. The van der Waals surface area contributed by atoms with Gasteiger partial charge in [-0.1, -0.05) is 0 Å². The average Bonchev–Trinajstić information content (AvgIpc) is 3.29. The summed E-state index contributed by atoms with van der Waals surface area (Å²) < 4.78 is 0. The third-order valence-corrected chi connectivity index (χ3v) is 6.43. The molecule has 4 N–H and O–H groups in total. The van der Waals surface area contributed by atoms with Gasteiger partial charge in [0.1, 0.15) is 27.2 Å². The molecule has 1 saturated heterocycles. The summed E-state index contributed by atoms with van der Waals surface area (Å²) in [7, 11) is 0. The SMILES string of the molecule is N#Cc1c(N)nc2sc(C(=O)N3CCCCC3)c(N)c2c1-c1ccsc1. The van der Waals surface area contributed by atoms with Crippen LogP contribution >= 0.6 is 22.7 Å². The summed E-state index contributed by atoms with van der Waals surface area (Å²) in [5.41, 5.74) is 14.7. The number of carbonyl (C=O) groups is 1. The van der Waals surface area contributed by atoms with Crippen LogP contribution in [-0.2, 0) is 0 Å². The minimum atomic E-state index is -0.0569. The van der Waals surface area contributed by atoms with Crippen molar-refractivity contribution in [1.29, 1.82) is 5.26 Å². The van der Waals surface area contributed by atoms with Crippen LogP contribution in [-0.4, -0.2) is 28.9 Å². The van der Waals surface area contributed by atoms with E-state index in [-0.39, 0.29) is 11.7 Å². The predicted molar refractivity (Wildman–Crippen MR) is 106 cm³/mol. The Kier molecular flexibility index (Phi) is 4.26. The summed E-state index contributed by atoms with van der Waals surface area (Å²) in [5.74, 6) is 0.109. The number of nitrogens with zero attached hydrogens (tertiary/aromatic N) is 3. The van der Waals surface area contributed by atoms with Crippen LogP contribution < -0.4 is 11.5 Å². The molecule has 0 bridgehead atoms. The number of nitrogens with two attached hydrogens (primary N) is 2. The van der Waals surface area contributed by atoms with Crippen molar-refractivity contribution in [2.45, 2.75) is 19.3 Å². The van der Waals surface area contributed by atoms with Crippen molar-refractivity contribution in [2.75, 3.05) is 24.6 Å². The zero-order chi connectivity index (χ0) is 18.3. The van der Waals surface area contributed by atoms with Crippen molar-refractivity contribution in [3.8, 4) is 17.2 Å². The molecule has 0 atom stereocenters. The smallest absolute Gasteiger partial charge is 0.266 e. The molecule has 132 valence electrons. The topological polar surface area (TPSA) is 109 Å². The Labute approximate surface area is 158 Å². The van der Waals surface area contributed by atoms with Crippen LogP contribution in [0, 0.1) is 11.3 Å². The lowest BCUT2D eigenvalue weighted by atomic mass is 9.99. The van der Waals surface area contributed by atoms with Crippen LogP contribution in [0.25, 0.3) is 21.3 Å². The number of hydrogen-bond acceptors (Lipinski definition) is 7. The van der Waals surface area contributed by atoms with Crippen LogP contribution in [0.5, 0.6) is 0 Å². The van der Waals surface area contributed by atoms with Crippen LogP contribution in [0.15, 0.2) is 16.8 Å². The van der Waals surface area contributed by atoms with E-state index < -0.39 is 0 Å². The van der Waals surface area contributed by atoms with Gasteiger partial charge in [0.2, 0.25) is 0 Å². The Bertz CT molecular complexity index is 1030. The van der Waals surface area contributed by atoms with Crippen molar-refractivity contribution in [2.24, 2.45) is 0 Å². The number of piperidine rings is 1. The van der Waals surface area contributed by atoms with E-state index in [1.807, 2.05) is 21.7 Å². The number of nitriles is 1. The van der Waals surface area contributed by atoms with Gasteiger partial charge in [-0.05, 0) is 41.7 Å². The van der Waals surface area contributed by atoms with Gasteiger partial charge in [-0.3, -0.25) is 4.79 Å². The number of rotatable bonds is 2. The van der Waals surface area contributed by atoms with Crippen LogP contribution in [0.1, 0.15) is 34.5 Å². The number of amides is 1. The Morgan fingerprint density at radius 3 is 2.69 bits per heavy atom. The second-order valence-electron chi connectivity index (χ2n) is 6.25. The zero-order valence-corrected chi connectivity index (χ0v) is 15.6. The maximum Gasteiger partial charge on any atom is 0.266 e. The first-order valence-electron chi connectivity index (χ1n) is 8.35. The van der Waals surface area contributed by atoms with Gasteiger partial charge in [0, 0.05) is 24.0 Å². The summed E-state index contributed by atoms with van der Waals surface area (Å²) in [5, 5.41) is 14.1. The molecular formula is C18H17N5OS2. The Hall–Kier alpha value is -2.63. The molecule has 0 radical (unpaired) electrons. The Morgan fingerprint density at radius 1 is 1.27 bits per heavy atom. The monoisotopic (exact) mass is 383 g/mol. The van der Waals surface area contributed by atoms with Crippen LogP contribution in [0.4, 0.5) is 11.5 Å². The van der Waals surface area contributed by atoms with E-state index in [0.29, 0.717) is 31.9 Å². The first-order chi connectivity index (χ1) is 12.6. The number of hydrogen-bond donors (Lipinski definition) is 2. The summed E-state index contributed by atoms with van der Waals surface area (Å²) in [6.07, 6.45) is 3.18. The molecule has 1 fully saturated rings. The molecule has 0 aromatic carbocycles. The largest absolute Gasteiger partial charge is 0.397 e. The molecule has 0 spiro atoms. The molecule has 0 aliphatic carbocycles. The van der Waals surface area contributed by atoms with Crippen LogP contribution in [0.2, 0.25) is 0 Å². The summed E-state index contributed by atoms with van der Waals surface area (Å²) >= 11 is 2.78. The van der Waals surface area contributed by atoms with Crippen LogP contribution in [0.3, 0.4) is 0 Å². The molecule has 4 heterocycles. The second kappa shape index (κ2) is 6.59. The van der Waals surface area contributed by atoms with Gasteiger partial charge in [0.25, 0.3) is 5.91 Å². The number of anilines is 2. The highest BCUT2D eigenvalue weighted by Gasteiger charge is 2.27. The van der Waals surface area contributed by atoms with E-state index in [2.05, 4.69) is 11.1 Å². The van der Waals surface area contributed by atoms with Crippen molar-refractivity contribution in [1.82, 2.24) is 9.88 Å². The summed E-state index contributed by atoms with van der Waals surface area (Å²) in [6.45, 7) is 1.51. The summed E-state index contributed by atoms with van der Waals surface area (Å²) in [6, 6.07) is 4.06. The molecule has 4 rings (SSSR count). The lowest BCUT2D eigenvalue weighted by Crippen LogP contribution is -2.35. The van der Waals surface area contributed by atoms with Gasteiger partial charge in [-0.25, -0.2) is 4.98 Å². The Balaban J connectivity index is 1.94. The maximum atomic E-state index is 13.0. The van der Waals surface area contributed by atoms with Gasteiger partial charge in [0.05, 0.1) is 5.69 Å². The van der Waals surface area contributed by atoms with E-state index in [1.54, 1.807) is 0 Å². The molecule has 1 aliphatic heterocycles. The van der Waals surface area contributed by atoms with Gasteiger partial charge >= 0.3 is 0 Å². The average molecular weight is 384 g/mol. The molecule has 6 nitrogen and oxygen atoms in total. The number of aromatic nitrogens is 1. The number of nitrogen functional groups attached to an aromatic ring is 2. The lowest BCUT2D eigenvalue weighted by Gasteiger charge is -2.26. The quantitative estimate of drug-likeness (QED) is 0.701. The van der Waals surface area contributed by atoms with Crippen molar-refractivity contribution in [3.63, 3.8) is 0 Å². The van der Waals surface area contributed by atoms with Gasteiger partial charge in [-0.2, -0.15) is 16.6 Å². The second-order valence-corrected chi connectivity index (χ2v) is 8.03. The lowest BCUT2D eigenvalue weighted by molar-refractivity contribution is 0.0730. The normalized spacial score (nSPS) is 14.5. The number of likely N-dealkylation sites (tertiary alicyclic amines) is 1. The fourth-order valence-electron chi connectivity index (χ4n) is 3.38. The molecule has 0 saturated carbocycles. The number of pyridine rings is 1. The van der Waals surface area contributed by atoms with E-state index in [4.69, 9.17) is 11.5 Å². The predicted octanol–water partition coefficient (Wildman–Crippen LogP) is 3.69. The van der Waals surface area contributed by atoms with Crippen molar-refractivity contribution in [3.05, 3.63) is 27.3 Å². The van der Waals surface area contributed by atoms with Gasteiger partial charge in [-0.15, -0.1) is 11.3 Å². The van der Waals surface area contributed by atoms with E-state index in [0.717, 1.165) is 37.9 Å². The van der Waals surface area contributed by atoms with Crippen molar-refractivity contribution >= 4 is 50.3 Å². The number of thiophene rings is 2. The molecule has 1 aliphatic rings. The highest BCUT2D eigenvalue weighted by Crippen LogP contribution is 2.43. The standard InChI is InChI=1S/C18H17N5OS2/c19-8-11-12(10-4-7-25-9-10)13-14(20)15(26-17(13)22-16(11)21)18(24)23-5-2-1-3-6-23/h4,7,9H,1-3,5-6,20H2,(H2,21,22). The number of fused-ring (bicyclic) bond motifs is 1. The molecular weight excluding hydrogens is 366 g/mol. The fraction of sp³-hybridized carbons (Fsp3) is 0.278. The van der Waals surface area contributed by atoms with E-state index in [1.165, 1.54) is 22.7 Å². The fourth-order valence-corrected chi connectivity index (χ4v) is 5.10. The molecule has 3 aromatic rings. The first-order valence-corrected chi connectivity index (χ1v) is 10.1. The molecule has 0 unspecified atom stereocenters. The molecule has 1 amide bonds.